The van der Waals surface area contributed by atoms with Crippen LogP contribution in [0.1, 0.15) is 12.0 Å². The Bertz CT molecular complexity index is 418. The van der Waals surface area contributed by atoms with Gasteiger partial charge in [-0.3, -0.25) is 4.79 Å². The largest absolute Gasteiger partial charge is 0.367 e. The number of amides is 1. The molecule has 0 radical (unpaired) electrons. The number of ether oxygens (including phenoxy) is 1. The summed E-state index contributed by atoms with van der Waals surface area (Å²) < 4.78 is 5.46. The van der Waals surface area contributed by atoms with Crippen molar-refractivity contribution in [3.8, 4) is 0 Å². The van der Waals surface area contributed by atoms with Gasteiger partial charge in [-0.1, -0.05) is 29.8 Å². The average Bonchev–Trinajstić information content (AvgIpc) is 2.70. The molecular formula is C14H19ClN2O2. The fourth-order valence-electron chi connectivity index (χ4n) is 2.05. The van der Waals surface area contributed by atoms with E-state index in [1.807, 2.05) is 29.2 Å². The number of halogens is 1. The second-order valence-electron chi connectivity index (χ2n) is 4.57. The Labute approximate surface area is 118 Å². The van der Waals surface area contributed by atoms with Crippen molar-refractivity contribution in [1.29, 1.82) is 0 Å². The average molecular weight is 283 g/mol. The Kier molecular flexibility index (Phi) is 5.63. The summed E-state index contributed by atoms with van der Waals surface area (Å²) in [4.78, 5) is 13.8. The van der Waals surface area contributed by atoms with E-state index in [4.69, 9.17) is 16.3 Å². The second kappa shape index (κ2) is 7.48. The van der Waals surface area contributed by atoms with Crippen molar-refractivity contribution in [2.24, 2.45) is 0 Å². The fourth-order valence-corrected chi connectivity index (χ4v) is 2.24. The van der Waals surface area contributed by atoms with E-state index in [9.17, 15) is 4.79 Å². The van der Waals surface area contributed by atoms with Crippen molar-refractivity contribution in [3.05, 3.63) is 34.9 Å². The van der Waals surface area contributed by atoms with Crippen LogP contribution in [0.5, 0.6) is 0 Å². The molecule has 0 aromatic heterocycles. The summed E-state index contributed by atoms with van der Waals surface area (Å²) in [5.74, 6) is 0.0516. The lowest BCUT2D eigenvalue weighted by molar-refractivity contribution is -0.136. The molecule has 1 heterocycles. The summed E-state index contributed by atoms with van der Waals surface area (Å²) in [5.41, 5.74) is 0.912. The quantitative estimate of drug-likeness (QED) is 0.914. The van der Waals surface area contributed by atoms with Crippen molar-refractivity contribution in [2.45, 2.75) is 13.0 Å². The predicted molar refractivity (Wildman–Crippen MR) is 75.2 cm³/mol. The number of benzene rings is 1. The molecule has 1 aliphatic rings. The van der Waals surface area contributed by atoms with Gasteiger partial charge in [0, 0.05) is 24.7 Å². The van der Waals surface area contributed by atoms with Crippen LogP contribution in [0.4, 0.5) is 0 Å². The monoisotopic (exact) mass is 282 g/mol. The van der Waals surface area contributed by atoms with Crippen molar-refractivity contribution < 1.29 is 9.53 Å². The van der Waals surface area contributed by atoms with E-state index >= 15 is 0 Å². The van der Waals surface area contributed by atoms with E-state index in [-0.39, 0.29) is 12.5 Å². The molecule has 4 nitrogen and oxygen atoms in total. The van der Waals surface area contributed by atoms with Gasteiger partial charge in [0.1, 0.15) is 6.61 Å². The minimum Gasteiger partial charge on any atom is -0.367 e. The standard InChI is InChI=1S/C14H19ClN2O2/c15-13-5-2-1-4-12(13)10-19-11-14(18)17-8-3-6-16-7-9-17/h1-2,4-5,16H,3,6-11H2. The predicted octanol–water partition coefficient (Wildman–Crippen LogP) is 1.68. The minimum absolute atomic E-state index is 0.0516. The van der Waals surface area contributed by atoms with Crippen LogP contribution in [-0.4, -0.2) is 43.6 Å². The van der Waals surface area contributed by atoms with E-state index in [1.165, 1.54) is 0 Å². The zero-order chi connectivity index (χ0) is 13.5. The third-order valence-electron chi connectivity index (χ3n) is 3.13. The highest BCUT2D eigenvalue weighted by atomic mass is 35.5. The highest BCUT2D eigenvalue weighted by molar-refractivity contribution is 6.31. The van der Waals surface area contributed by atoms with Crippen molar-refractivity contribution >= 4 is 17.5 Å². The molecule has 19 heavy (non-hydrogen) atoms. The number of nitrogens with zero attached hydrogens (tertiary/aromatic N) is 1. The summed E-state index contributed by atoms with van der Waals surface area (Å²) in [5, 5.41) is 3.94. The van der Waals surface area contributed by atoms with Crippen LogP contribution in [0.25, 0.3) is 0 Å². The molecule has 1 fully saturated rings. The summed E-state index contributed by atoms with van der Waals surface area (Å²) in [7, 11) is 0. The van der Waals surface area contributed by atoms with Gasteiger partial charge >= 0.3 is 0 Å². The molecule has 0 unspecified atom stereocenters. The van der Waals surface area contributed by atoms with Gasteiger partial charge in [0.05, 0.1) is 6.61 Å². The Balaban J connectivity index is 1.76. The molecular weight excluding hydrogens is 264 g/mol. The molecule has 1 aromatic rings. The first kappa shape index (κ1) is 14.3. The molecule has 0 saturated carbocycles. The van der Waals surface area contributed by atoms with Crippen LogP contribution in [0, 0.1) is 0 Å². The van der Waals surface area contributed by atoms with Crippen molar-refractivity contribution in [1.82, 2.24) is 10.2 Å². The summed E-state index contributed by atoms with van der Waals surface area (Å²) in [6.45, 7) is 3.89. The van der Waals surface area contributed by atoms with E-state index in [0.29, 0.717) is 11.6 Å². The van der Waals surface area contributed by atoms with E-state index in [2.05, 4.69) is 5.32 Å². The van der Waals surface area contributed by atoms with Crippen LogP contribution >= 0.6 is 11.6 Å². The molecule has 0 aliphatic carbocycles. The summed E-state index contributed by atoms with van der Waals surface area (Å²) in [6.07, 6.45) is 0.996. The number of nitrogens with one attached hydrogen (secondary N) is 1. The third kappa shape index (κ3) is 4.49. The maximum atomic E-state index is 12.0. The lowest BCUT2D eigenvalue weighted by atomic mass is 10.2. The highest BCUT2D eigenvalue weighted by Gasteiger charge is 2.15. The molecule has 1 aliphatic heterocycles. The normalized spacial score (nSPS) is 16.2. The summed E-state index contributed by atoms with van der Waals surface area (Å²) >= 11 is 6.03. The smallest absolute Gasteiger partial charge is 0.248 e. The highest BCUT2D eigenvalue weighted by Crippen LogP contribution is 2.15. The van der Waals surface area contributed by atoms with E-state index in [0.717, 1.165) is 38.2 Å². The number of carbonyl (C=O) groups is 1. The molecule has 1 saturated heterocycles. The van der Waals surface area contributed by atoms with Gasteiger partial charge in [-0.2, -0.15) is 0 Å². The first-order chi connectivity index (χ1) is 9.27. The van der Waals surface area contributed by atoms with Gasteiger partial charge < -0.3 is 15.0 Å². The van der Waals surface area contributed by atoms with Crippen molar-refractivity contribution in [2.75, 3.05) is 32.8 Å². The van der Waals surface area contributed by atoms with Crippen LogP contribution in [0.15, 0.2) is 24.3 Å². The topological polar surface area (TPSA) is 41.6 Å². The van der Waals surface area contributed by atoms with Gasteiger partial charge in [0.2, 0.25) is 5.91 Å². The van der Waals surface area contributed by atoms with Gasteiger partial charge in [0.25, 0.3) is 0 Å². The number of hydrogen-bond donors (Lipinski definition) is 1. The molecule has 1 aromatic carbocycles. The Morgan fingerprint density at radius 1 is 1.32 bits per heavy atom. The van der Waals surface area contributed by atoms with Gasteiger partial charge in [-0.05, 0) is 24.6 Å². The summed E-state index contributed by atoms with van der Waals surface area (Å²) in [6, 6.07) is 7.51. The van der Waals surface area contributed by atoms with Gasteiger partial charge in [-0.25, -0.2) is 0 Å². The fraction of sp³-hybridized carbons (Fsp3) is 0.500. The van der Waals surface area contributed by atoms with Crippen LogP contribution in [0.3, 0.4) is 0 Å². The maximum Gasteiger partial charge on any atom is 0.248 e. The minimum atomic E-state index is 0.0516. The first-order valence-corrected chi connectivity index (χ1v) is 6.95. The Hall–Kier alpha value is -1.10. The van der Waals surface area contributed by atoms with Crippen LogP contribution in [0.2, 0.25) is 5.02 Å². The molecule has 1 amide bonds. The second-order valence-corrected chi connectivity index (χ2v) is 4.98. The molecule has 0 bridgehead atoms. The lowest BCUT2D eigenvalue weighted by Crippen LogP contribution is -2.36. The number of rotatable bonds is 4. The first-order valence-electron chi connectivity index (χ1n) is 6.57. The maximum absolute atomic E-state index is 12.0. The molecule has 2 rings (SSSR count). The van der Waals surface area contributed by atoms with Gasteiger partial charge in [0.15, 0.2) is 0 Å². The SMILES string of the molecule is O=C(COCc1ccccc1Cl)N1CCCNCC1. The zero-order valence-corrected chi connectivity index (χ0v) is 11.7. The number of hydrogen-bond acceptors (Lipinski definition) is 3. The molecule has 1 N–H and O–H groups in total. The zero-order valence-electron chi connectivity index (χ0n) is 10.9. The van der Waals surface area contributed by atoms with Crippen molar-refractivity contribution in [3.63, 3.8) is 0 Å². The van der Waals surface area contributed by atoms with E-state index < -0.39 is 0 Å². The molecule has 0 atom stereocenters. The third-order valence-corrected chi connectivity index (χ3v) is 3.50. The lowest BCUT2D eigenvalue weighted by Gasteiger charge is -2.19. The molecule has 5 heteroatoms. The molecule has 0 spiro atoms. The Morgan fingerprint density at radius 3 is 3.00 bits per heavy atom. The van der Waals surface area contributed by atoms with Crippen LogP contribution in [-0.2, 0) is 16.1 Å². The number of carbonyl (C=O) groups excluding carboxylic acids is 1. The van der Waals surface area contributed by atoms with Crippen LogP contribution < -0.4 is 5.32 Å². The Morgan fingerprint density at radius 2 is 2.16 bits per heavy atom. The van der Waals surface area contributed by atoms with Gasteiger partial charge in [-0.15, -0.1) is 0 Å². The molecule has 104 valence electrons. The van der Waals surface area contributed by atoms with E-state index in [1.54, 1.807) is 0 Å².